The maximum Gasteiger partial charge on any atom is 0.264 e. The monoisotopic (exact) mass is 597 g/mol. The van der Waals surface area contributed by atoms with Gasteiger partial charge in [0.15, 0.2) is 0 Å². The number of halogens is 1. The lowest BCUT2D eigenvalue weighted by Crippen LogP contribution is -2.52. The average molecular weight is 598 g/mol. The van der Waals surface area contributed by atoms with Crippen molar-refractivity contribution in [2.24, 2.45) is 0 Å². The first-order valence-corrected chi connectivity index (χ1v) is 15.8. The van der Waals surface area contributed by atoms with Crippen molar-refractivity contribution in [3.63, 3.8) is 0 Å². The summed E-state index contributed by atoms with van der Waals surface area (Å²) in [5, 5.41) is 3.30. The van der Waals surface area contributed by atoms with Crippen LogP contribution < -0.4 is 9.62 Å². The zero-order valence-electron chi connectivity index (χ0n) is 24.5. The maximum atomic E-state index is 14.2. The van der Waals surface area contributed by atoms with E-state index in [2.05, 4.69) is 5.32 Å². The first-order valence-electron chi connectivity index (χ1n) is 14.0. The molecule has 7 nitrogen and oxygen atoms in total. The van der Waals surface area contributed by atoms with Crippen LogP contribution in [0.5, 0.6) is 0 Å². The molecule has 41 heavy (non-hydrogen) atoms. The molecular formula is C32H40ClN3O4S. The van der Waals surface area contributed by atoms with E-state index in [0.717, 1.165) is 33.8 Å². The minimum absolute atomic E-state index is 0.0603. The van der Waals surface area contributed by atoms with Gasteiger partial charge in [-0.3, -0.25) is 13.9 Å². The quantitative estimate of drug-likeness (QED) is 0.238. The van der Waals surface area contributed by atoms with Crippen molar-refractivity contribution >= 4 is 39.1 Å². The van der Waals surface area contributed by atoms with E-state index in [0.29, 0.717) is 29.2 Å². The number of benzene rings is 3. The van der Waals surface area contributed by atoms with Gasteiger partial charge in [-0.25, -0.2) is 8.42 Å². The van der Waals surface area contributed by atoms with E-state index < -0.39 is 28.5 Å². The predicted octanol–water partition coefficient (Wildman–Crippen LogP) is 6.18. The Morgan fingerprint density at radius 3 is 2.24 bits per heavy atom. The summed E-state index contributed by atoms with van der Waals surface area (Å²) < 4.78 is 29.2. The molecule has 0 aliphatic heterocycles. The number of amides is 2. The van der Waals surface area contributed by atoms with Gasteiger partial charge in [0, 0.05) is 18.1 Å². The lowest BCUT2D eigenvalue weighted by molar-refractivity contribution is -0.140. The highest BCUT2D eigenvalue weighted by Gasteiger charge is 2.34. The van der Waals surface area contributed by atoms with E-state index in [9.17, 15) is 18.0 Å². The first kappa shape index (κ1) is 32.2. The van der Waals surface area contributed by atoms with Gasteiger partial charge in [-0.1, -0.05) is 79.9 Å². The van der Waals surface area contributed by atoms with Gasteiger partial charge in [0.1, 0.15) is 12.6 Å². The van der Waals surface area contributed by atoms with Crippen LogP contribution >= 0.6 is 11.6 Å². The molecule has 2 amide bonds. The Morgan fingerprint density at radius 1 is 0.927 bits per heavy atom. The number of nitrogens with zero attached hydrogens (tertiary/aromatic N) is 2. The van der Waals surface area contributed by atoms with Gasteiger partial charge in [0.2, 0.25) is 11.8 Å². The van der Waals surface area contributed by atoms with Crippen molar-refractivity contribution < 1.29 is 18.0 Å². The van der Waals surface area contributed by atoms with E-state index in [1.165, 1.54) is 17.0 Å². The Balaban J connectivity index is 2.09. The molecule has 1 N–H and O–H groups in total. The van der Waals surface area contributed by atoms with Crippen LogP contribution in [-0.2, 0) is 26.2 Å². The molecule has 9 heteroatoms. The Kier molecular flexibility index (Phi) is 11.4. The second kappa shape index (κ2) is 14.5. The van der Waals surface area contributed by atoms with Gasteiger partial charge >= 0.3 is 0 Å². The zero-order chi connectivity index (χ0) is 30.2. The van der Waals surface area contributed by atoms with E-state index >= 15 is 0 Å². The number of hydrogen-bond acceptors (Lipinski definition) is 4. The van der Waals surface area contributed by atoms with E-state index in [1.54, 1.807) is 37.3 Å². The van der Waals surface area contributed by atoms with Crippen LogP contribution in [0.4, 0.5) is 5.69 Å². The molecule has 0 radical (unpaired) electrons. The smallest absolute Gasteiger partial charge is 0.264 e. The minimum atomic E-state index is -4.16. The number of rotatable bonds is 13. The van der Waals surface area contributed by atoms with Crippen molar-refractivity contribution in [3.05, 3.63) is 94.0 Å². The van der Waals surface area contributed by atoms with Gasteiger partial charge < -0.3 is 10.2 Å². The summed E-state index contributed by atoms with van der Waals surface area (Å²) in [6.07, 6.45) is 2.12. The summed E-state index contributed by atoms with van der Waals surface area (Å²) in [5.41, 5.74) is 3.72. The standard InChI is InChI=1S/C32H40ClN3O4S/c1-6-8-19-34-32(38)29(7-2)35(21-26-12-10-9-11-24(26)4)31(37)22-36(30-20-27(33)16-15-25(30)5)41(39,40)28-17-13-23(3)14-18-28/h9-18,20,29H,6-8,19,21-22H2,1-5H3,(H,34,38)/t29-/m1/s1. The molecule has 3 aromatic carbocycles. The number of nitrogens with one attached hydrogen (secondary N) is 1. The largest absolute Gasteiger partial charge is 0.354 e. The molecule has 0 spiro atoms. The molecule has 3 aromatic rings. The van der Waals surface area contributed by atoms with Crippen molar-refractivity contribution in [3.8, 4) is 0 Å². The Hall–Kier alpha value is -3.36. The van der Waals surface area contributed by atoms with E-state index in [-0.39, 0.29) is 17.3 Å². The summed E-state index contributed by atoms with van der Waals surface area (Å²) in [7, 11) is -4.16. The van der Waals surface area contributed by atoms with Crippen LogP contribution in [0.15, 0.2) is 71.6 Å². The molecule has 0 unspecified atom stereocenters. The van der Waals surface area contributed by atoms with Gasteiger partial charge in [0.25, 0.3) is 10.0 Å². The second-order valence-corrected chi connectivity index (χ2v) is 12.6. The number of hydrogen-bond donors (Lipinski definition) is 1. The Bertz CT molecular complexity index is 1460. The lowest BCUT2D eigenvalue weighted by atomic mass is 10.1. The van der Waals surface area contributed by atoms with E-state index in [4.69, 9.17) is 11.6 Å². The summed E-state index contributed by atoms with van der Waals surface area (Å²) in [4.78, 5) is 29.1. The first-order chi connectivity index (χ1) is 19.5. The molecule has 0 aliphatic rings. The third-order valence-electron chi connectivity index (χ3n) is 7.15. The third-order valence-corrected chi connectivity index (χ3v) is 9.15. The van der Waals surface area contributed by atoms with Crippen molar-refractivity contribution in [1.82, 2.24) is 10.2 Å². The minimum Gasteiger partial charge on any atom is -0.354 e. The zero-order valence-corrected chi connectivity index (χ0v) is 26.1. The van der Waals surface area contributed by atoms with Crippen LogP contribution in [-0.4, -0.2) is 44.3 Å². The van der Waals surface area contributed by atoms with Crippen LogP contribution in [0.3, 0.4) is 0 Å². The maximum absolute atomic E-state index is 14.2. The summed E-state index contributed by atoms with van der Waals surface area (Å²) in [6, 6.07) is 18.3. The summed E-state index contributed by atoms with van der Waals surface area (Å²) in [5.74, 6) is -0.740. The molecule has 0 bridgehead atoms. The fraction of sp³-hybridized carbons (Fsp3) is 0.375. The SMILES string of the molecule is CCCCNC(=O)[C@@H](CC)N(Cc1ccccc1C)C(=O)CN(c1cc(Cl)ccc1C)S(=O)(=O)c1ccc(C)cc1. The lowest BCUT2D eigenvalue weighted by Gasteiger charge is -2.34. The predicted molar refractivity (Wildman–Crippen MR) is 166 cm³/mol. The van der Waals surface area contributed by atoms with E-state index in [1.807, 2.05) is 52.0 Å². The summed E-state index contributed by atoms with van der Waals surface area (Å²) >= 11 is 6.31. The number of carbonyl (C=O) groups excluding carboxylic acids is 2. The summed E-state index contributed by atoms with van der Waals surface area (Å²) in [6.45, 7) is 9.66. The van der Waals surface area contributed by atoms with Crippen LogP contribution in [0, 0.1) is 20.8 Å². The molecule has 0 aromatic heterocycles. The van der Waals surface area contributed by atoms with Gasteiger partial charge in [-0.05, 0) is 74.6 Å². The fourth-order valence-corrected chi connectivity index (χ4v) is 6.24. The number of unbranched alkanes of at least 4 members (excludes halogenated alkanes) is 1. The van der Waals surface area contributed by atoms with Crippen molar-refractivity contribution in [1.29, 1.82) is 0 Å². The normalized spacial score (nSPS) is 12.0. The number of anilines is 1. The average Bonchev–Trinajstić information content (AvgIpc) is 2.94. The van der Waals surface area contributed by atoms with Crippen LogP contribution in [0.25, 0.3) is 0 Å². The Labute approximate surface area is 249 Å². The van der Waals surface area contributed by atoms with Gasteiger partial charge in [-0.2, -0.15) is 0 Å². The number of aryl methyl sites for hydroxylation is 3. The van der Waals surface area contributed by atoms with Crippen molar-refractivity contribution in [2.45, 2.75) is 71.4 Å². The molecule has 0 saturated heterocycles. The second-order valence-electron chi connectivity index (χ2n) is 10.3. The number of carbonyl (C=O) groups is 2. The molecule has 0 aliphatic carbocycles. The molecule has 0 fully saturated rings. The molecule has 0 saturated carbocycles. The molecule has 220 valence electrons. The van der Waals surface area contributed by atoms with Crippen LogP contribution in [0.1, 0.15) is 55.4 Å². The molecular weight excluding hydrogens is 558 g/mol. The highest BCUT2D eigenvalue weighted by Crippen LogP contribution is 2.30. The van der Waals surface area contributed by atoms with Gasteiger partial charge in [0.05, 0.1) is 10.6 Å². The Morgan fingerprint density at radius 2 is 1.61 bits per heavy atom. The third kappa shape index (κ3) is 8.11. The highest BCUT2D eigenvalue weighted by molar-refractivity contribution is 7.92. The molecule has 1 atom stereocenters. The molecule has 0 heterocycles. The molecule has 3 rings (SSSR count). The van der Waals surface area contributed by atoms with Crippen molar-refractivity contribution in [2.75, 3.05) is 17.4 Å². The van der Waals surface area contributed by atoms with Crippen LogP contribution in [0.2, 0.25) is 5.02 Å². The van der Waals surface area contributed by atoms with Gasteiger partial charge in [-0.15, -0.1) is 0 Å². The fourth-order valence-electron chi connectivity index (χ4n) is 4.60. The topological polar surface area (TPSA) is 86.8 Å². The number of sulfonamides is 1. The highest BCUT2D eigenvalue weighted by atomic mass is 35.5.